The molecule has 0 aliphatic rings. The number of nitrogens with zero attached hydrogens (tertiary/aromatic N) is 3. The van der Waals surface area contributed by atoms with Crippen LogP contribution in [0.2, 0.25) is 5.02 Å². The van der Waals surface area contributed by atoms with Crippen molar-refractivity contribution in [1.82, 2.24) is 9.88 Å². The average Bonchev–Trinajstić information content (AvgIpc) is 2.53. The topological polar surface area (TPSA) is 57.0 Å². The zero-order valence-corrected chi connectivity index (χ0v) is 12.5. The van der Waals surface area contributed by atoms with E-state index in [1.54, 1.807) is 30.1 Å². The maximum Gasteiger partial charge on any atom is 0.272 e. The van der Waals surface area contributed by atoms with E-state index in [4.69, 9.17) is 16.9 Å². The van der Waals surface area contributed by atoms with Gasteiger partial charge in [0.05, 0.1) is 11.6 Å². The molecule has 0 spiro atoms. The molecule has 1 heterocycles. The van der Waals surface area contributed by atoms with Crippen LogP contribution in [0.4, 0.5) is 0 Å². The first-order valence-corrected chi connectivity index (χ1v) is 6.79. The van der Waals surface area contributed by atoms with Gasteiger partial charge in [-0.25, -0.2) is 4.98 Å². The minimum atomic E-state index is -0.202. The van der Waals surface area contributed by atoms with Gasteiger partial charge in [-0.3, -0.25) is 4.79 Å². The molecule has 21 heavy (non-hydrogen) atoms. The number of nitriles is 1. The number of rotatable bonds is 3. The second-order valence-electron chi connectivity index (χ2n) is 4.69. The molecule has 1 amide bonds. The molecule has 5 heteroatoms. The molecule has 2 rings (SSSR count). The highest BCUT2D eigenvalue weighted by molar-refractivity contribution is 6.30. The van der Waals surface area contributed by atoms with E-state index in [0.29, 0.717) is 16.3 Å². The highest BCUT2D eigenvalue weighted by atomic mass is 35.5. The molecular formula is C16H14ClN3O. The van der Waals surface area contributed by atoms with Crippen molar-refractivity contribution < 1.29 is 4.79 Å². The normalized spacial score (nSPS) is 11.5. The van der Waals surface area contributed by atoms with Crippen LogP contribution in [0.3, 0.4) is 0 Å². The average molecular weight is 300 g/mol. The molecule has 1 unspecified atom stereocenters. The van der Waals surface area contributed by atoms with Crippen molar-refractivity contribution in [3.8, 4) is 6.07 Å². The van der Waals surface area contributed by atoms with Crippen LogP contribution in [-0.2, 0) is 0 Å². The highest BCUT2D eigenvalue weighted by Gasteiger charge is 2.20. The molecule has 4 nitrogen and oxygen atoms in total. The maximum atomic E-state index is 12.4. The van der Waals surface area contributed by atoms with E-state index in [1.807, 2.05) is 31.2 Å². The lowest BCUT2D eigenvalue weighted by molar-refractivity contribution is 0.0736. The van der Waals surface area contributed by atoms with Crippen LogP contribution in [0, 0.1) is 11.3 Å². The summed E-state index contributed by atoms with van der Waals surface area (Å²) in [5, 5.41) is 9.38. The Morgan fingerprint density at radius 3 is 2.71 bits per heavy atom. The van der Waals surface area contributed by atoms with Crippen LogP contribution >= 0.6 is 11.6 Å². The van der Waals surface area contributed by atoms with E-state index in [1.165, 1.54) is 6.20 Å². The van der Waals surface area contributed by atoms with Crippen molar-refractivity contribution in [2.24, 2.45) is 0 Å². The van der Waals surface area contributed by atoms with E-state index in [0.717, 1.165) is 5.56 Å². The van der Waals surface area contributed by atoms with Gasteiger partial charge in [0.2, 0.25) is 0 Å². The Morgan fingerprint density at radius 1 is 1.38 bits per heavy atom. The molecule has 0 bridgehead atoms. The first-order chi connectivity index (χ1) is 10.0. The molecule has 1 aromatic carbocycles. The Bertz CT molecular complexity index is 691. The highest BCUT2D eigenvalue weighted by Crippen LogP contribution is 2.23. The Morgan fingerprint density at radius 2 is 2.14 bits per heavy atom. The fourth-order valence-corrected chi connectivity index (χ4v) is 2.13. The van der Waals surface area contributed by atoms with Gasteiger partial charge in [0.25, 0.3) is 5.91 Å². The predicted octanol–water partition coefficient (Wildman–Crippen LogP) is 3.44. The molecular weight excluding hydrogens is 286 g/mol. The van der Waals surface area contributed by atoms with E-state index in [9.17, 15) is 4.79 Å². The molecule has 106 valence electrons. The van der Waals surface area contributed by atoms with Gasteiger partial charge in [0.15, 0.2) is 0 Å². The Hall–Kier alpha value is -2.38. The standard InChI is InChI=1S/C16H14ClN3O/c1-11(13-4-3-5-14(17)8-13)20(2)16(21)15-7-6-12(9-18)10-19-15/h3-8,10-11H,1-2H3. The van der Waals surface area contributed by atoms with Gasteiger partial charge in [0, 0.05) is 18.3 Å². The van der Waals surface area contributed by atoms with Crippen molar-refractivity contribution >= 4 is 17.5 Å². The number of carbonyl (C=O) groups excluding carboxylic acids is 1. The van der Waals surface area contributed by atoms with Crippen molar-refractivity contribution in [2.45, 2.75) is 13.0 Å². The monoisotopic (exact) mass is 299 g/mol. The number of carbonyl (C=O) groups is 1. The molecule has 0 N–H and O–H groups in total. The van der Waals surface area contributed by atoms with Crippen molar-refractivity contribution in [1.29, 1.82) is 5.26 Å². The third-order valence-corrected chi connectivity index (χ3v) is 3.58. The van der Waals surface area contributed by atoms with Crippen molar-refractivity contribution in [3.05, 3.63) is 64.4 Å². The van der Waals surface area contributed by atoms with Gasteiger partial charge in [-0.15, -0.1) is 0 Å². The minimum absolute atomic E-state index is 0.131. The van der Waals surface area contributed by atoms with Gasteiger partial charge in [-0.2, -0.15) is 5.26 Å². The summed E-state index contributed by atoms with van der Waals surface area (Å²) < 4.78 is 0. The molecule has 0 aliphatic heterocycles. The van der Waals surface area contributed by atoms with Crippen LogP contribution in [0.1, 0.15) is 34.6 Å². The van der Waals surface area contributed by atoms with Crippen molar-refractivity contribution in [3.63, 3.8) is 0 Å². The summed E-state index contributed by atoms with van der Waals surface area (Å²) >= 11 is 5.98. The van der Waals surface area contributed by atoms with E-state index < -0.39 is 0 Å². The van der Waals surface area contributed by atoms with Crippen LogP contribution in [0.15, 0.2) is 42.6 Å². The second kappa shape index (κ2) is 6.38. The van der Waals surface area contributed by atoms with Gasteiger partial charge in [-0.05, 0) is 36.8 Å². The first-order valence-electron chi connectivity index (χ1n) is 6.41. The van der Waals surface area contributed by atoms with Crippen LogP contribution in [0.25, 0.3) is 0 Å². The fourth-order valence-electron chi connectivity index (χ4n) is 1.93. The summed E-state index contributed by atoms with van der Waals surface area (Å²) in [7, 11) is 1.72. The number of hydrogen-bond acceptors (Lipinski definition) is 3. The van der Waals surface area contributed by atoms with Crippen LogP contribution in [-0.4, -0.2) is 22.8 Å². The number of halogens is 1. The summed E-state index contributed by atoms with van der Waals surface area (Å²) in [6.07, 6.45) is 1.39. The number of benzene rings is 1. The Kier molecular flexibility index (Phi) is 4.56. The SMILES string of the molecule is CC(c1cccc(Cl)c1)N(C)C(=O)c1ccc(C#N)cn1. The third kappa shape index (κ3) is 3.39. The molecule has 1 atom stereocenters. The second-order valence-corrected chi connectivity index (χ2v) is 5.13. The summed E-state index contributed by atoms with van der Waals surface area (Å²) in [4.78, 5) is 18.0. The van der Waals surface area contributed by atoms with Gasteiger partial charge in [0.1, 0.15) is 11.8 Å². The number of amides is 1. The third-order valence-electron chi connectivity index (χ3n) is 3.34. The van der Waals surface area contributed by atoms with Gasteiger partial charge >= 0.3 is 0 Å². The summed E-state index contributed by atoms with van der Waals surface area (Å²) in [6.45, 7) is 1.92. The number of hydrogen-bond donors (Lipinski definition) is 0. The number of pyridine rings is 1. The molecule has 0 fully saturated rings. The molecule has 1 aromatic heterocycles. The van der Waals surface area contributed by atoms with Gasteiger partial charge < -0.3 is 4.90 Å². The predicted molar refractivity (Wildman–Crippen MR) is 80.9 cm³/mol. The fraction of sp³-hybridized carbons (Fsp3) is 0.188. The van der Waals surface area contributed by atoms with E-state index in [2.05, 4.69) is 4.98 Å². The summed E-state index contributed by atoms with van der Waals surface area (Å²) in [6, 6.07) is 12.4. The number of aromatic nitrogens is 1. The van der Waals surface area contributed by atoms with Crippen LogP contribution < -0.4 is 0 Å². The lowest BCUT2D eigenvalue weighted by Crippen LogP contribution is -2.30. The maximum absolute atomic E-state index is 12.4. The summed E-state index contributed by atoms with van der Waals surface area (Å²) in [5.74, 6) is -0.202. The molecule has 0 aliphatic carbocycles. The quantitative estimate of drug-likeness (QED) is 0.872. The van der Waals surface area contributed by atoms with Gasteiger partial charge in [-0.1, -0.05) is 23.7 Å². The Labute approximate surface area is 128 Å². The van der Waals surface area contributed by atoms with E-state index >= 15 is 0 Å². The summed E-state index contributed by atoms with van der Waals surface area (Å²) in [5.41, 5.74) is 1.69. The molecule has 0 saturated heterocycles. The largest absolute Gasteiger partial charge is 0.334 e. The lowest BCUT2D eigenvalue weighted by Gasteiger charge is -2.25. The first kappa shape index (κ1) is 15.0. The molecule has 0 radical (unpaired) electrons. The van der Waals surface area contributed by atoms with E-state index in [-0.39, 0.29) is 11.9 Å². The smallest absolute Gasteiger partial charge is 0.272 e. The molecule has 0 saturated carbocycles. The zero-order chi connectivity index (χ0) is 15.4. The Balaban J connectivity index is 2.20. The zero-order valence-electron chi connectivity index (χ0n) is 11.7. The minimum Gasteiger partial charge on any atom is -0.334 e. The molecule has 2 aromatic rings. The van der Waals surface area contributed by atoms with Crippen LogP contribution in [0.5, 0.6) is 0 Å². The lowest BCUT2D eigenvalue weighted by atomic mass is 10.1. The van der Waals surface area contributed by atoms with Crippen molar-refractivity contribution in [2.75, 3.05) is 7.05 Å².